The van der Waals surface area contributed by atoms with Crippen molar-refractivity contribution in [2.24, 2.45) is 22.7 Å². The molecule has 3 nitrogen and oxygen atoms in total. The molecule has 0 aromatic heterocycles. The third-order valence-corrected chi connectivity index (χ3v) is 12.3. The number of hydrogen-bond acceptors (Lipinski definition) is 5. The van der Waals surface area contributed by atoms with E-state index >= 15 is 4.39 Å². The summed E-state index contributed by atoms with van der Waals surface area (Å²) in [6.07, 6.45) is 11.6. The highest BCUT2D eigenvalue weighted by Crippen LogP contribution is 2.74. The third kappa shape index (κ3) is 3.38. The van der Waals surface area contributed by atoms with Crippen LogP contribution < -0.4 is 0 Å². The molecule has 0 aromatic carbocycles. The topological polar surface area (TPSA) is 43.4 Å². The number of alkyl halides is 1. The number of ketones is 1. The summed E-state index contributed by atoms with van der Waals surface area (Å²) >= 11 is 3.87. The molecule has 0 aliphatic heterocycles. The van der Waals surface area contributed by atoms with Gasteiger partial charge in [-0.1, -0.05) is 24.6 Å². The number of carbonyl (C=O) groups excluding carboxylic acids is 2. The van der Waals surface area contributed by atoms with Crippen molar-refractivity contribution in [3.05, 3.63) is 36.5 Å². The molecule has 4 rings (SSSR count). The highest BCUT2D eigenvalue weighted by molar-refractivity contribution is 8.18. The molecule has 0 heterocycles. The first-order valence-electron chi connectivity index (χ1n) is 11.8. The van der Waals surface area contributed by atoms with Crippen molar-refractivity contribution in [1.29, 1.82) is 0 Å². The van der Waals surface area contributed by atoms with Crippen LogP contribution in [-0.4, -0.2) is 39.6 Å². The van der Waals surface area contributed by atoms with Crippen molar-refractivity contribution in [3.63, 3.8) is 0 Å². The summed E-state index contributed by atoms with van der Waals surface area (Å²) in [6.45, 7) is 9.94. The Hall–Kier alpha value is -1.01. The van der Waals surface area contributed by atoms with Crippen LogP contribution >= 0.6 is 23.5 Å². The van der Waals surface area contributed by atoms with Gasteiger partial charge in [0.25, 0.3) is 0 Å². The van der Waals surface area contributed by atoms with Gasteiger partial charge in [0, 0.05) is 23.5 Å². The summed E-state index contributed by atoms with van der Waals surface area (Å²) in [5.41, 5.74) is -1.41. The lowest BCUT2D eigenvalue weighted by atomic mass is 9.46. The van der Waals surface area contributed by atoms with E-state index in [4.69, 9.17) is 4.74 Å². The molecule has 1 unspecified atom stereocenters. The maximum Gasteiger partial charge on any atom is 0.302 e. The first-order chi connectivity index (χ1) is 15.2. The molecular weight excluding hydrogens is 443 g/mol. The van der Waals surface area contributed by atoms with Crippen molar-refractivity contribution in [3.8, 4) is 0 Å². The Balaban J connectivity index is 1.77. The molecule has 0 saturated heterocycles. The SMILES string of the molecule is C=CCSC1(SCC)CC[C@H]2[C@@H]3CCC4=CC(=O)C=C[C@]4(C)[C@@]3(F)CC[C@@]21COC(C)=O. The van der Waals surface area contributed by atoms with Crippen LogP contribution in [0.25, 0.3) is 0 Å². The number of hydrogen-bond donors (Lipinski definition) is 0. The summed E-state index contributed by atoms with van der Waals surface area (Å²) in [6, 6.07) is 0. The Morgan fingerprint density at radius 3 is 2.75 bits per heavy atom. The van der Waals surface area contributed by atoms with Gasteiger partial charge in [-0.25, -0.2) is 4.39 Å². The van der Waals surface area contributed by atoms with Crippen LogP contribution in [0.3, 0.4) is 0 Å². The van der Waals surface area contributed by atoms with Gasteiger partial charge >= 0.3 is 5.97 Å². The lowest BCUT2D eigenvalue weighted by molar-refractivity contribution is -0.159. The molecule has 0 bridgehead atoms. The predicted molar refractivity (Wildman–Crippen MR) is 131 cm³/mol. The van der Waals surface area contributed by atoms with Crippen LogP contribution in [0.5, 0.6) is 0 Å². The number of esters is 1. The van der Waals surface area contributed by atoms with Crippen molar-refractivity contribution in [1.82, 2.24) is 0 Å². The zero-order chi connectivity index (χ0) is 23.2. The second-order valence-corrected chi connectivity index (χ2v) is 13.1. The van der Waals surface area contributed by atoms with E-state index in [1.165, 1.54) is 6.92 Å². The van der Waals surface area contributed by atoms with Crippen molar-refractivity contribution < 1.29 is 18.7 Å². The Morgan fingerprint density at radius 2 is 2.06 bits per heavy atom. The van der Waals surface area contributed by atoms with Gasteiger partial charge in [0.1, 0.15) is 5.67 Å². The summed E-state index contributed by atoms with van der Waals surface area (Å²) in [5.74, 6) is 1.57. The zero-order valence-corrected chi connectivity index (χ0v) is 21.1. The van der Waals surface area contributed by atoms with Gasteiger partial charge in [-0.05, 0) is 75.2 Å². The molecule has 0 spiro atoms. The second-order valence-electron chi connectivity index (χ2n) is 9.98. The molecule has 0 radical (unpaired) electrons. The fraction of sp³-hybridized carbons (Fsp3) is 0.692. The number of fused-ring (bicyclic) bond motifs is 5. The molecule has 176 valence electrons. The monoisotopic (exact) mass is 478 g/mol. The summed E-state index contributed by atoms with van der Waals surface area (Å²) in [7, 11) is 0. The zero-order valence-electron chi connectivity index (χ0n) is 19.5. The minimum absolute atomic E-state index is 0.0282. The normalized spacial score (nSPS) is 42.5. The molecule has 0 amide bonds. The summed E-state index contributed by atoms with van der Waals surface area (Å²) in [4.78, 5) is 23.9. The smallest absolute Gasteiger partial charge is 0.302 e. The first-order valence-corrected chi connectivity index (χ1v) is 13.8. The van der Waals surface area contributed by atoms with Gasteiger partial charge in [-0.15, -0.1) is 30.1 Å². The third-order valence-electron chi connectivity index (χ3n) is 8.76. The van der Waals surface area contributed by atoms with E-state index in [1.807, 2.05) is 42.6 Å². The fourth-order valence-electron chi connectivity index (χ4n) is 7.29. The van der Waals surface area contributed by atoms with Gasteiger partial charge in [-0.3, -0.25) is 9.59 Å². The maximum atomic E-state index is 17.2. The number of ether oxygens (including phenoxy) is 1. The van der Waals surface area contributed by atoms with Crippen molar-refractivity contribution in [2.75, 3.05) is 18.1 Å². The van der Waals surface area contributed by atoms with Gasteiger partial charge in [0.05, 0.1) is 10.7 Å². The molecule has 6 atom stereocenters. The first kappa shape index (κ1) is 24.1. The summed E-state index contributed by atoms with van der Waals surface area (Å²) in [5, 5.41) is 0. The average Bonchev–Trinajstić information content (AvgIpc) is 3.06. The molecule has 0 aromatic rings. The molecule has 6 heteroatoms. The highest BCUT2D eigenvalue weighted by atomic mass is 32.2. The fourth-order valence-corrected chi connectivity index (χ4v) is 10.8. The highest BCUT2D eigenvalue weighted by Gasteiger charge is 2.71. The van der Waals surface area contributed by atoms with Crippen LogP contribution in [-0.2, 0) is 14.3 Å². The van der Waals surface area contributed by atoms with Crippen LogP contribution in [0.2, 0.25) is 0 Å². The lowest BCUT2D eigenvalue weighted by Crippen LogP contribution is -2.63. The Labute approximate surface area is 200 Å². The van der Waals surface area contributed by atoms with Crippen LogP contribution in [0.4, 0.5) is 4.39 Å². The molecule has 3 saturated carbocycles. The standard InChI is InChI=1S/C26H35FO3S2/c1-5-15-32-26(31-6-2)12-10-21-22-8-7-19-16-20(29)9-11-23(19,4)25(22,27)14-13-24(21,26)17-30-18(3)28/h5,9,11,16,21-22H,1,6-8,10,12-15,17H2,2-4H3/t21-,22-,23-,24+,25+,26?/m0/s1. The maximum absolute atomic E-state index is 17.2. The van der Waals surface area contributed by atoms with Crippen LogP contribution in [0, 0.1) is 22.7 Å². The molecule has 4 aliphatic rings. The van der Waals surface area contributed by atoms with Gasteiger partial charge in [0.15, 0.2) is 5.78 Å². The Morgan fingerprint density at radius 1 is 1.28 bits per heavy atom. The van der Waals surface area contributed by atoms with E-state index in [9.17, 15) is 9.59 Å². The lowest BCUT2D eigenvalue weighted by Gasteiger charge is -2.62. The van der Waals surface area contributed by atoms with E-state index < -0.39 is 11.1 Å². The minimum Gasteiger partial charge on any atom is -0.465 e. The van der Waals surface area contributed by atoms with E-state index in [0.717, 1.165) is 42.8 Å². The summed E-state index contributed by atoms with van der Waals surface area (Å²) < 4.78 is 22.9. The van der Waals surface area contributed by atoms with Gasteiger partial charge < -0.3 is 4.74 Å². The van der Waals surface area contributed by atoms with Crippen molar-refractivity contribution in [2.45, 2.75) is 69.0 Å². The molecule has 32 heavy (non-hydrogen) atoms. The number of allylic oxidation sites excluding steroid dienone is 4. The predicted octanol–water partition coefficient (Wildman–Crippen LogP) is 6.30. The number of carbonyl (C=O) groups is 2. The van der Waals surface area contributed by atoms with E-state index in [0.29, 0.717) is 19.4 Å². The largest absolute Gasteiger partial charge is 0.465 e. The van der Waals surface area contributed by atoms with Crippen LogP contribution in [0.15, 0.2) is 36.5 Å². The van der Waals surface area contributed by atoms with Crippen molar-refractivity contribution >= 4 is 35.3 Å². The number of thioether (sulfide) groups is 2. The molecule has 4 aliphatic carbocycles. The molecular formula is C26H35FO3S2. The van der Waals surface area contributed by atoms with Gasteiger partial charge in [0.2, 0.25) is 0 Å². The van der Waals surface area contributed by atoms with Gasteiger partial charge in [-0.2, -0.15) is 0 Å². The average molecular weight is 479 g/mol. The Kier molecular flexibility index (Phi) is 6.52. The minimum atomic E-state index is -1.38. The van der Waals surface area contributed by atoms with E-state index in [1.54, 1.807) is 12.2 Å². The Bertz CT molecular complexity index is 869. The molecule has 0 N–H and O–H groups in total. The quantitative estimate of drug-likeness (QED) is 0.244. The van der Waals surface area contributed by atoms with E-state index in [2.05, 4.69) is 13.5 Å². The number of rotatable bonds is 7. The van der Waals surface area contributed by atoms with Crippen LogP contribution in [0.1, 0.15) is 59.3 Å². The second kappa shape index (κ2) is 8.65. The van der Waals surface area contributed by atoms with E-state index in [-0.39, 0.29) is 33.1 Å². The molecule has 3 fully saturated rings. The number of halogens is 1.